The second-order valence-electron chi connectivity index (χ2n) is 7.70. The predicted molar refractivity (Wildman–Crippen MR) is 99.5 cm³/mol. The summed E-state index contributed by atoms with van der Waals surface area (Å²) >= 11 is 0. The number of likely N-dealkylation sites (tertiary alicyclic amines) is 1. The van der Waals surface area contributed by atoms with Crippen LogP contribution in [-0.4, -0.2) is 41.6 Å². The molecule has 1 unspecified atom stereocenters. The molecular weight excluding hydrogens is 330 g/mol. The summed E-state index contributed by atoms with van der Waals surface area (Å²) in [5.41, 5.74) is 0.613. The topological polar surface area (TPSA) is 48.0 Å². The summed E-state index contributed by atoms with van der Waals surface area (Å²) in [6, 6.07) is 10.0. The van der Waals surface area contributed by atoms with Gasteiger partial charge in [-0.2, -0.15) is 0 Å². The zero-order valence-electron chi connectivity index (χ0n) is 15.7. The van der Waals surface area contributed by atoms with Crippen LogP contribution in [0, 0.1) is 0 Å². The molecule has 140 valence electrons. The van der Waals surface area contributed by atoms with Gasteiger partial charge in [0, 0.05) is 6.42 Å². The number of hydrogen-bond donors (Lipinski definition) is 0. The van der Waals surface area contributed by atoms with E-state index < -0.39 is 11.4 Å². The largest absolute Gasteiger partial charge is 0.444 e. The maximum absolute atomic E-state index is 12.1. The summed E-state index contributed by atoms with van der Waals surface area (Å²) in [6.45, 7) is 7.10. The molecule has 1 atom stereocenters. The van der Waals surface area contributed by atoms with Crippen molar-refractivity contribution in [1.29, 1.82) is 0 Å². The quantitative estimate of drug-likeness (QED) is 0.746. The molecule has 1 aromatic rings. The summed E-state index contributed by atoms with van der Waals surface area (Å²) in [4.78, 5) is 13.7. The third kappa shape index (κ3) is 4.96. The van der Waals surface area contributed by atoms with Crippen molar-refractivity contribution in [1.82, 2.24) is 4.90 Å². The SMILES string of the molecule is CC(C)(C)OC(=O)N1CC(OC2(OCc3ccccc3)C=CC=CC2)C1. The van der Waals surface area contributed by atoms with E-state index in [1.54, 1.807) is 4.90 Å². The Morgan fingerprint density at radius 2 is 1.92 bits per heavy atom. The molecule has 1 amide bonds. The van der Waals surface area contributed by atoms with Crippen LogP contribution in [0.5, 0.6) is 0 Å². The van der Waals surface area contributed by atoms with Gasteiger partial charge in [-0.25, -0.2) is 4.79 Å². The average Bonchev–Trinajstić information content (AvgIpc) is 2.56. The van der Waals surface area contributed by atoms with E-state index in [4.69, 9.17) is 14.2 Å². The number of carbonyl (C=O) groups is 1. The first-order valence-electron chi connectivity index (χ1n) is 9.03. The van der Waals surface area contributed by atoms with Gasteiger partial charge in [0.15, 0.2) is 5.79 Å². The van der Waals surface area contributed by atoms with Crippen LogP contribution < -0.4 is 0 Å². The lowest BCUT2D eigenvalue weighted by atomic mass is 10.1. The van der Waals surface area contributed by atoms with Crippen LogP contribution in [0.2, 0.25) is 0 Å². The van der Waals surface area contributed by atoms with Crippen molar-refractivity contribution in [3.05, 3.63) is 60.2 Å². The fourth-order valence-corrected chi connectivity index (χ4v) is 2.86. The Morgan fingerprint density at radius 3 is 2.54 bits per heavy atom. The molecule has 1 fully saturated rings. The van der Waals surface area contributed by atoms with Crippen LogP contribution in [0.25, 0.3) is 0 Å². The van der Waals surface area contributed by atoms with Crippen LogP contribution in [0.3, 0.4) is 0 Å². The lowest BCUT2D eigenvalue weighted by Gasteiger charge is -2.44. The summed E-state index contributed by atoms with van der Waals surface area (Å²) in [5, 5.41) is 0. The van der Waals surface area contributed by atoms with Gasteiger partial charge >= 0.3 is 6.09 Å². The van der Waals surface area contributed by atoms with Gasteiger partial charge in [0.1, 0.15) is 5.60 Å². The number of allylic oxidation sites excluding steroid dienone is 2. The summed E-state index contributed by atoms with van der Waals surface area (Å²) in [7, 11) is 0. The van der Waals surface area contributed by atoms with Gasteiger partial charge in [-0.05, 0) is 32.4 Å². The minimum atomic E-state index is -0.782. The zero-order chi connectivity index (χ0) is 18.6. The molecular formula is C21H27NO4. The molecule has 1 heterocycles. The molecule has 5 nitrogen and oxygen atoms in total. The minimum Gasteiger partial charge on any atom is -0.444 e. The van der Waals surface area contributed by atoms with Gasteiger partial charge in [0.25, 0.3) is 0 Å². The molecule has 0 spiro atoms. The van der Waals surface area contributed by atoms with Crippen LogP contribution in [-0.2, 0) is 20.8 Å². The molecule has 26 heavy (non-hydrogen) atoms. The van der Waals surface area contributed by atoms with Gasteiger partial charge in [-0.3, -0.25) is 0 Å². The first kappa shape index (κ1) is 18.7. The third-order valence-corrected chi connectivity index (χ3v) is 4.19. The van der Waals surface area contributed by atoms with Crippen LogP contribution >= 0.6 is 0 Å². The highest BCUT2D eigenvalue weighted by Gasteiger charge is 2.40. The van der Waals surface area contributed by atoms with Gasteiger partial charge in [-0.15, -0.1) is 0 Å². The maximum atomic E-state index is 12.1. The van der Waals surface area contributed by atoms with Crippen molar-refractivity contribution in [2.75, 3.05) is 13.1 Å². The average molecular weight is 357 g/mol. The molecule has 0 N–H and O–H groups in total. The number of amides is 1. The summed E-state index contributed by atoms with van der Waals surface area (Å²) in [5.74, 6) is -0.782. The Hall–Kier alpha value is -2.11. The van der Waals surface area contributed by atoms with Crippen molar-refractivity contribution in [3.63, 3.8) is 0 Å². The molecule has 1 aromatic carbocycles. The number of rotatable bonds is 5. The van der Waals surface area contributed by atoms with Gasteiger partial charge in [0.05, 0.1) is 25.8 Å². The fourth-order valence-electron chi connectivity index (χ4n) is 2.86. The summed E-state index contributed by atoms with van der Waals surface area (Å²) < 4.78 is 17.8. The van der Waals surface area contributed by atoms with E-state index in [-0.39, 0.29) is 12.2 Å². The molecule has 0 bridgehead atoms. The molecule has 2 aliphatic rings. The fraction of sp³-hybridized carbons (Fsp3) is 0.476. The minimum absolute atomic E-state index is 0.0607. The van der Waals surface area contributed by atoms with E-state index in [0.717, 1.165) is 5.56 Å². The molecule has 1 aliphatic carbocycles. The van der Waals surface area contributed by atoms with Crippen LogP contribution in [0.15, 0.2) is 54.6 Å². The van der Waals surface area contributed by atoms with Crippen LogP contribution in [0.1, 0.15) is 32.8 Å². The number of nitrogens with zero attached hydrogens (tertiary/aromatic N) is 1. The van der Waals surface area contributed by atoms with Gasteiger partial charge in [-0.1, -0.05) is 48.6 Å². The molecule has 5 heteroatoms. The Balaban J connectivity index is 1.54. The first-order chi connectivity index (χ1) is 12.4. The number of hydrogen-bond acceptors (Lipinski definition) is 4. The van der Waals surface area contributed by atoms with Crippen molar-refractivity contribution in [3.8, 4) is 0 Å². The van der Waals surface area contributed by atoms with Crippen molar-refractivity contribution < 1.29 is 19.0 Å². The Bertz CT molecular complexity index is 671. The summed E-state index contributed by atoms with van der Waals surface area (Å²) in [6.07, 6.45) is 8.21. The van der Waals surface area contributed by atoms with Crippen molar-refractivity contribution >= 4 is 6.09 Å². The van der Waals surface area contributed by atoms with Crippen LogP contribution in [0.4, 0.5) is 4.79 Å². The van der Waals surface area contributed by atoms with E-state index in [2.05, 4.69) is 0 Å². The Labute approximate surface area is 155 Å². The lowest BCUT2D eigenvalue weighted by molar-refractivity contribution is -0.251. The standard InChI is InChI=1S/C21H27NO4/c1-20(2,3)26-19(23)22-14-18(15-22)25-21(12-8-5-9-13-21)24-16-17-10-6-4-7-11-17/h4-12,18H,13-16H2,1-3H3. The zero-order valence-corrected chi connectivity index (χ0v) is 15.7. The van der Waals surface area contributed by atoms with E-state index in [1.165, 1.54) is 0 Å². The molecule has 0 saturated carbocycles. The molecule has 0 aromatic heterocycles. The van der Waals surface area contributed by atoms with Gasteiger partial charge < -0.3 is 19.1 Å². The molecule has 0 radical (unpaired) electrons. The van der Waals surface area contributed by atoms with Gasteiger partial charge in [0.2, 0.25) is 0 Å². The maximum Gasteiger partial charge on any atom is 0.410 e. The highest BCUT2D eigenvalue weighted by molar-refractivity contribution is 5.69. The highest BCUT2D eigenvalue weighted by atomic mass is 16.7. The normalized spacial score (nSPS) is 23.0. The lowest BCUT2D eigenvalue weighted by Crippen LogP contribution is -2.58. The predicted octanol–water partition coefficient (Wildman–Crippen LogP) is 4.05. The number of carbonyl (C=O) groups excluding carboxylic acids is 1. The first-order valence-corrected chi connectivity index (χ1v) is 9.03. The van der Waals surface area contributed by atoms with E-state index in [1.807, 2.05) is 75.4 Å². The Kier molecular flexibility index (Phi) is 5.49. The van der Waals surface area contributed by atoms with E-state index >= 15 is 0 Å². The second kappa shape index (κ2) is 7.64. The molecule has 1 saturated heterocycles. The van der Waals surface area contributed by atoms with E-state index in [0.29, 0.717) is 26.1 Å². The Morgan fingerprint density at radius 1 is 1.19 bits per heavy atom. The van der Waals surface area contributed by atoms with Crippen molar-refractivity contribution in [2.24, 2.45) is 0 Å². The van der Waals surface area contributed by atoms with E-state index in [9.17, 15) is 4.79 Å². The number of benzene rings is 1. The second-order valence-corrected chi connectivity index (χ2v) is 7.70. The molecule has 1 aliphatic heterocycles. The molecule has 3 rings (SSSR count). The number of ether oxygens (including phenoxy) is 3. The van der Waals surface area contributed by atoms with Crippen molar-refractivity contribution in [2.45, 2.75) is 51.3 Å². The monoisotopic (exact) mass is 357 g/mol. The smallest absolute Gasteiger partial charge is 0.410 e. The third-order valence-electron chi connectivity index (χ3n) is 4.19. The highest BCUT2D eigenvalue weighted by Crippen LogP contribution is 2.30.